The van der Waals surface area contributed by atoms with Crippen molar-refractivity contribution >= 4 is 23.0 Å². The number of methoxy groups -OCH3 is 3. The summed E-state index contributed by atoms with van der Waals surface area (Å²) >= 11 is 0. The van der Waals surface area contributed by atoms with E-state index in [0.717, 1.165) is 6.08 Å². The predicted octanol–water partition coefficient (Wildman–Crippen LogP) is 0.791. The first-order valence-corrected chi connectivity index (χ1v) is 17.7. The lowest BCUT2D eigenvalue weighted by Gasteiger charge is -2.43. The van der Waals surface area contributed by atoms with Crippen molar-refractivity contribution in [3.05, 3.63) is 66.2 Å². The SMILES string of the molecule is COc1cc(-c2[o+]c3cc(O)ccc3cc2O[C@@H]2O[C@H](CO[C@@H]3O[C@H](CO)[C@@H](O)[C@H](O)[C@H]3O)[C@@H](OC(=O)C=Cc3cc(OC)c(O)c(OC)c3)[C@H](O)[C@H]2O)ccc1O. The van der Waals surface area contributed by atoms with E-state index in [4.69, 9.17) is 42.3 Å². The molecule has 0 bridgehead atoms. The van der Waals surface area contributed by atoms with E-state index in [9.17, 15) is 50.8 Å². The highest BCUT2D eigenvalue weighted by molar-refractivity contribution is 5.87. The minimum Gasteiger partial charge on any atom is -0.508 e. The maximum Gasteiger partial charge on any atom is 0.402 e. The Morgan fingerprint density at radius 1 is 0.741 bits per heavy atom. The highest BCUT2D eigenvalue weighted by atomic mass is 16.7. The highest BCUT2D eigenvalue weighted by Crippen LogP contribution is 2.41. The Bertz CT molecular complexity index is 2080. The first-order chi connectivity index (χ1) is 27.8. The van der Waals surface area contributed by atoms with Gasteiger partial charge in [-0.1, -0.05) is 0 Å². The largest absolute Gasteiger partial charge is 0.508 e. The van der Waals surface area contributed by atoms with Crippen molar-refractivity contribution in [3.63, 3.8) is 0 Å². The first-order valence-electron chi connectivity index (χ1n) is 17.7. The number of ether oxygens (including phenoxy) is 8. The maximum absolute atomic E-state index is 13.2. The van der Waals surface area contributed by atoms with Gasteiger partial charge in [-0.3, -0.25) is 0 Å². The van der Waals surface area contributed by atoms with E-state index in [0.29, 0.717) is 16.5 Å². The summed E-state index contributed by atoms with van der Waals surface area (Å²) in [6, 6.07) is 12.9. The molecule has 4 aromatic rings. The van der Waals surface area contributed by atoms with E-state index in [1.165, 1.54) is 82.0 Å². The number of rotatable bonds is 13. The molecule has 0 amide bonds. The van der Waals surface area contributed by atoms with E-state index in [1.807, 2.05) is 0 Å². The molecule has 0 aliphatic carbocycles. The second kappa shape index (κ2) is 18.0. The average Bonchev–Trinajstić information content (AvgIpc) is 3.22. The van der Waals surface area contributed by atoms with Crippen LogP contribution in [0.5, 0.6) is 40.2 Å². The molecular formula is C39H43O19+. The molecule has 9 N–H and O–H groups in total. The van der Waals surface area contributed by atoms with Crippen LogP contribution in [0.1, 0.15) is 5.56 Å². The third-order valence-electron chi connectivity index (χ3n) is 9.48. The molecule has 2 saturated heterocycles. The number of aliphatic hydroxyl groups is 6. The van der Waals surface area contributed by atoms with Crippen molar-refractivity contribution in [1.29, 1.82) is 0 Å². The molecule has 0 radical (unpaired) electrons. The molecule has 10 atom stereocenters. The fourth-order valence-corrected chi connectivity index (χ4v) is 6.36. The molecule has 19 nitrogen and oxygen atoms in total. The van der Waals surface area contributed by atoms with Crippen LogP contribution >= 0.6 is 0 Å². The maximum atomic E-state index is 13.2. The lowest BCUT2D eigenvalue weighted by atomic mass is 9.98. The Hall–Kier alpha value is -5.48. The van der Waals surface area contributed by atoms with Crippen LogP contribution in [-0.2, 0) is 23.7 Å². The zero-order chi connectivity index (χ0) is 41.8. The van der Waals surface area contributed by atoms with Crippen LogP contribution in [0, 0.1) is 0 Å². The molecule has 312 valence electrons. The van der Waals surface area contributed by atoms with E-state index in [-0.39, 0.29) is 51.6 Å². The van der Waals surface area contributed by atoms with Gasteiger partial charge in [0.2, 0.25) is 17.8 Å². The number of phenols is 3. The highest BCUT2D eigenvalue weighted by Gasteiger charge is 2.50. The molecule has 0 unspecified atom stereocenters. The van der Waals surface area contributed by atoms with Crippen molar-refractivity contribution in [2.45, 2.75) is 61.4 Å². The summed E-state index contributed by atoms with van der Waals surface area (Å²) in [5.74, 6) is -1.47. The number of hydrogen-bond donors (Lipinski definition) is 9. The Kier molecular flexibility index (Phi) is 13.1. The molecule has 58 heavy (non-hydrogen) atoms. The number of phenolic OH excluding ortho intramolecular Hbond substituents is 3. The van der Waals surface area contributed by atoms with Gasteiger partial charge < -0.3 is 83.9 Å². The molecule has 0 saturated carbocycles. The Labute approximate surface area is 329 Å². The second-order valence-electron chi connectivity index (χ2n) is 13.2. The summed E-state index contributed by atoms with van der Waals surface area (Å²) in [5.41, 5.74) is 0.873. The van der Waals surface area contributed by atoms with Gasteiger partial charge in [0.25, 0.3) is 0 Å². The van der Waals surface area contributed by atoms with Gasteiger partial charge in [-0.2, -0.15) is 0 Å². The normalized spacial score (nSPS) is 27.3. The lowest BCUT2D eigenvalue weighted by Crippen LogP contribution is -2.63. The summed E-state index contributed by atoms with van der Waals surface area (Å²) in [6.45, 7) is -1.41. The van der Waals surface area contributed by atoms with Crippen LogP contribution in [0.2, 0.25) is 0 Å². The van der Waals surface area contributed by atoms with Gasteiger partial charge in [-0.15, -0.1) is 0 Å². The minimum absolute atomic E-state index is 0.0111. The van der Waals surface area contributed by atoms with Gasteiger partial charge in [0.1, 0.15) is 48.5 Å². The average molecular weight is 816 g/mol. The van der Waals surface area contributed by atoms with Crippen LogP contribution in [0.4, 0.5) is 0 Å². The van der Waals surface area contributed by atoms with Gasteiger partial charge in [0, 0.05) is 18.2 Å². The monoisotopic (exact) mass is 815 g/mol. The molecule has 2 aliphatic rings. The molecular weight excluding hydrogens is 772 g/mol. The zero-order valence-electron chi connectivity index (χ0n) is 31.1. The van der Waals surface area contributed by atoms with Gasteiger partial charge in [0.15, 0.2) is 35.4 Å². The van der Waals surface area contributed by atoms with Crippen molar-refractivity contribution < 1.29 is 93.1 Å². The third-order valence-corrected chi connectivity index (χ3v) is 9.48. The number of aliphatic hydroxyl groups excluding tert-OH is 6. The number of aromatic hydroxyl groups is 3. The van der Waals surface area contributed by atoms with Crippen LogP contribution in [-0.4, -0.2) is 148 Å². The number of esters is 1. The summed E-state index contributed by atoms with van der Waals surface area (Å²) < 4.78 is 50.6. The third kappa shape index (κ3) is 8.82. The lowest BCUT2D eigenvalue weighted by molar-refractivity contribution is -0.323. The summed E-state index contributed by atoms with van der Waals surface area (Å²) in [5, 5.41) is 94.7. The van der Waals surface area contributed by atoms with Gasteiger partial charge >= 0.3 is 17.3 Å². The number of carbonyl (C=O) groups excluding carboxylic acids is 1. The van der Waals surface area contributed by atoms with E-state index < -0.39 is 80.6 Å². The van der Waals surface area contributed by atoms with Crippen molar-refractivity contribution in [1.82, 2.24) is 0 Å². The van der Waals surface area contributed by atoms with Crippen molar-refractivity contribution in [2.24, 2.45) is 0 Å². The molecule has 1 aromatic heterocycles. The number of benzene rings is 3. The Balaban J connectivity index is 1.31. The first kappa shape index (κ1) is 42.1. The molecule has 2 aliphatic heterocycles. The quantitative estimate of drug-likeness (QED) is 0.0512. The molecule has 6 rings (SSSR count). The van der Waals surface area contributed by atoms with Gasteiger partial charge in [0.05, 0.1) is 51.6 Å². The molecule has 3 heterocycles. The Morgan fingerprint density at radius 3 is 2.09 bits per heavy atom. The Morgan fingerprint density at radius 2 is 1.41 bits per heavy atom. The number of carbonyl (C=O) groups is 1. The van der Waals surface area contributed by atoms with E-state index in [2.05, 4.69) is 0 Å². The predicted molar refractivity (Wildman–Crippen MR) is 197 cm³/mol. The minimum atomic E-state index is -1.93. The zero-order valence-corrected chi connectivity index (χ0v) is 31.1. The van der Waals surface area contributed by atoms with Gasteiger partial charge in [-0.25, -0.2) is 9.21 Å². The van der Waals surface area contributed by atoms with Crippen LogP contribution in [0.3, 0.4) is 0 Å². The van der Waals surface area contributed by atoms with E-state index in [1.54, 1.807) is 0 Å². The molecule has 3 aromatic carbocycles. The molecule has 2 fully saturated rings. The number of fused-ring (bicyclic) bond motifs is 1. The topological polar surface area (TPSA) is 284 Å². The van der Waals surface area contributed by atoms with Crippen LogP contribution in [0.25, 0.3) is 28.4 Å². The van der Waals surface area contributed by atoms with Crippen molar-refractivity contribution in [3.8, 4) is 51.6 Å². The van der Waals surface area contributed by atoms with Gasteiger partial charge in [-0.05, 0) is 48.0 Å². The summed E-state index contributed by atoms with van der Waals surface area (Å²) in [6.07, 6.45) is -14.8. The molecule has 0 spiro atoms. The summed E-state index contributed by atoms with van der Waals surface area (Å²) in [4.78, 5) is 13.2. The fraction of sp³-hybridized carbons (Fsp3) is 0.385. The van der Waals surface area contributed by atoms with Crippen LogP contribution in [0.15, 0.2) is 65.1 Å². The van der Waals surface area contributed by atoms with Crippen molar-refractivity contribution in [2.75, 3.05) is 34.5 Å². The second-order valence-corrected chi connectivity index (χ2v) is 13.2. The standard InChI is InChI=1S/C39H42O19/c1-50-23-13-19(6-8-21(23)42)36-26(12-18-5-7-20(41)14-22(18)54-36)55-39-35(49)33(47)37(28(57-39)16-53-38-34(48)32(46)31(45)27(15-40)56-38)58-29(43)9-4-17-10-24(51-2)30(44)25(11-17)52-3/h4-14,27-28,31-35,37-40,45-49H,15-16H2,1-3H3,(H2-,41,42,43,44)/p+1/t27-,28-,31-,32+,33-,34-,35-,37-,38-,39-/m1/s1. The van der Waals surface area contributed by atoms with Crippen LogP contribution < -0.4 is 18.9 Å². The fourth-order valence-electron chi connectivity index (χ4n) is 6.36. The molecule has 19 heteroatoms. The van der Waals surface area contributed by atoms with E-state index >= 15 is 0 Å². The smallest absolute Gasteiger partial charge is 0.402 e. The summed E-state index contributed by atoms with van der Waals surface area (Å²) in [7, 11) is 3.98. The number of hydrogen-bond acceptors (Lipinski definition) is 18.